The Hall–Kier alpha value is -3.77. The maximum absolute atomic E-state index is 15.0. The number of piperidine rings is 1. The first-order chi connectivity index (χ1) is 16.4. The molecule has 2 saturated heterocycles. The second-order valence-electron chi connectivity index (χ2n) is 8.93. The molecule has 0 saturated carbocycles. The summed E-state index contributed by atoms with van der Waals surface area (Å²) in [5, 5.41) is 11.2. The van der Waals surface area contributed by atoms with Crippen molar-refractivity contribution in [3.63, 3.8) is 0 Å². The van der Waals surface area contributed by atoms with Crippen molar-refractivity contribution in [3.05, 3.63) is 64.5 Å². The molecule has 1 atom stereocenters. The molecule has 1 N–H and O–H groups in total. The van der Waals surface area contributed by atoms with E-state index in [4.69, 9.17) is 5.26 Å². The van der Waals surface area contributed by atoms with Crippen LogP contribution in [-0.4, -0.2) is 59.7 Å². The van der Waals surface area contributed by atoms with Crippen molar-refractivity contribution in [1.82, 2.24) is 15.1 Å². The van der Waals surface area contributed by atoms with Gasteiger partial charge in [0.05, 0.1) is 17.3 Å². The summed E-state index contributed by atoms with van der Waals surface area (Å²) in [5.74, 6) is -1.63. The quantitative estimate of drug-likeness (QED) is 0.698. The third-order valence-corrected chi connectivity index (χ3v) is 6.79. The van der Waals surface area contributed by atoms with Gasteiger partial charge in [0.15, 0.2) is 0 Å². The van der Waals surface area contributed by atoms with Crippen molar-refractivity contribution < 1.29 is 18.8 Å². The minimum atomic E-state index is -0.713. The average molecular weight is 461 g/mol. The van der Waals surface area contributed by atoms with Crippen LogP contribution in [0.1, 0.15) is 39.9 Å². The molecule has 2 fully saturated rings. The van der Waals surface area contributed by atoms with E-state index in [-0.39, 0.29) is 36.8 Å². The number of nitriles is 1. The number of hydrogen-bond acceptors (Lipinski definition) is 6. The highest BCUT2D eigenvalue weighted by molar-refractivity contribution is 6.05. The number of amides is 3. The minimum absolute atomic E-state index is 0.183. The number of halogens is 1. The number of carbonyl (C=O) groups is 3. The van der Waals surface area contributed by atoms with Crippen molar-refractivity contribution in [2.24, 2.45) is 0 Å². The van der Waals surface area contributed by atoms with Crippen LogP contribution >= 0.6 is 0 Å². The second-order valence-corrected chi connectivity index (χ2v) is 8.93. The van der Waals surface area contributed by atoms with E-state index in [1.165, 1.54) is 11.0 Å². The molecular formula is C25H24FN5O3. The maximum Gasteiger partial charge on any atom is 0.255 e. The lowest BCUT2D eigenvalue weighted by molar-refractivity contribution is -0.136. The van der Waals surface area contributed by atoms with Crippen LogP contribution in [0.4, 0.5) is 10.1 Å². The predicted molar refractivity (Wildman–Crippen MR) is 121 cm³/mol. The van der Waals surface area contributed by atoms with Crippen molar-refractivity contribution in [2.45, 2.75) is 32.0 Å². The lowest BCUT2D eigenvalue weighted by Gasteiger charge is -2.36. The molecule has 0 aliphatic carbocycles. The van der Waals surface area contributed by atoms with Gasteiger partial charge >= 0.3 is 0 Å². The number of piperazine rings is 1. The zero-order valence-electron chi connectivity index (χ0n) is 18.6. The normalized spacial score (nSPS) is 20.8. The van der Waals surface area contributed by atoms with E-state index in [0.717, 1.165) is 25.2 Å². The van der Waals surface area contributed by atoms with Crippen LogP contribution in [0.25, 0.3) is 0 Å². The Morgan fingerprint density at radius 2 is 1.79 bits per heavy atom. The Balaban J connectivity index is 1.25. The summed E-state index contributed by atoms with van der Waals surface area (Å²) in [6.07, 6.45) is 0.462. The Labute approximate surface area is 196 Å². The number of rotatable bonds is 4. The first-order valence-electron chi connectivity index (χ1n) is 11.4. The fourth-order valence-corrected chi connectivity index (χ4v) is 4.91. The molecule has 8 nitrogen and oxygen atoms in total. The molecule has 34 heavy (non-hydrogen) atoms. The zero-order chi connectivity index (χ0) is 23.8. The van der Waals surface area contributed by atoms with Gasteiger partial charge in [0.25, 0.3) is 5.91 Å². The first-order valence-corrected chi connectivity index (χ1v) is 11.4. The second kappa shape index (κ2) is 8.88. The smallest absolute Gasteiger partial charge is 0.255 e. The van der Waals surface area contributed by atoms with E-state index < -0.39 is 17.8 Å². The number of hydrogen-bond donors (Lipinski definition) is 1. The van der Waals surface area contributed by atoms with Crippen LogP contribution in [0, 0.1) is 17.1 Å². The van der Waals surface area contributed by atoms with Gasteiger partial charge < -0.3 is 9.80 Å². The third kappa shape index (κ3) is 4.13. The standard InChI is InChI=1S/C25H24FN5O3/c26-20-12-19-18(15-31(25(19)34)21-5-6-23(32)28-24(21)33)11-22(20)30-9-7-29(8-10-30)14-17-3-1-16(13-27)2-4-17/h1-4,11-12,21H,5-10,14-15H2,(H,28,32,33). The van der Waals surface area contributed by atoms with Gasteiger partial charge in [-0.05, 0) is 41.8 Å². The molecule has 0 aromatic heterocycles. The molecule has 0 spiro atoms. The highest BCUT2D eigenvalue weighted by Gasteiger charge is 2.39. The molecule has 3 heterocycles. The Morgan fingerprint density at radius 1 is 1.06 bits per heavy atom. The van der Waals surface area contributed by atoms with E-state index >= 15 is 4.39 Å². The van der Waals surface area contributed by atoms with Crippen molar-refractivity contribution in [3.8, 4) is 6.07 Å². The van der Waals surface area contributed by atoms with Crippen LogP contribution in [0.5, 0.6) is 0 Å². The van der Waals surface area contributed by atoms with E-state index in [0.29, 0.717) is 29.9 Å². The van der Waals surface area contributed by atoms with Gasteiger partial charge in [-0.1, -0.05) is 12.1 Å². The molecule has 0 bridgehead atoms. The zero-order valence-corrected chi connectivity index (χ0v) is 18.6. The summed E-state index contributed by atoms with van der Waals surface area (Å²) in [6.45, 7) is 3.82. The number of imide groups is 1. The average Bonchev–Trinajstić information content (AvgIpc) is 3.15. The fraction of sp³-hybridized carbons (Fsp3) is 0.360. The molecule has 0 radical (unpaired) electrons. The van der Waals surface area contributed by atoms with Gasteiger partial charge in [-0.3, -0.25) is 24.6 Å². The number of nitrogens with one attached hydrogen (secondary N) is 1. The number of nitrogens with zero attached hydrogens (tertiary/aromatic N) is 4. The van der Waals surface area contributed by atoms with Gasteiger partial charge in [0, 0.05) is 51.3 Å². The third-order valence-electron chi connectivity index (χ3n) is 6.79. The van der Waals surface area contributed by atoms with E-state index in [1.54, 1.807) is 6.07 Å². The molecule has 5 rings (SSSR count). The van der Waals surface area contributed by atoms with Gasteiger partial charge in [0.2, 0.25) is 11.8 Å². The van der Waals surface area contributed by atoms with Crippen LogP contribution in [-0.2, 0) is 22.7 Å². The molecule has 2 aromatic carbocycles. The Bertz CT molecular complexity index is 1200. The topological polar surface area (TPSA) is 96.8 Å². The van der Waals surface area contributed by atoms with E-state index in [9.17, 15) is 14.4 Å². The number of benzene rings is 2. The molecular weight excluding hydrogens is 437 g/mol. The molecule has 3 aliphatic heterocycles. The molecule has 3 aliphatic rings. The van der Waals surface area contributed by atoms with Crippen LogP contribution in [0.3, 0.4) is 0 Å². The Morgan fingerprint density at radius 3 is 2.47 bits per heavy atom. The van der Waals surface area contributed by atoms with Crippen LogP contribution < -0.4 is 10.2 Å². The summed E-state index contributed by atoms with van der Waals surface area (Å²) >= 11 is 0. The summed E-state index contributed by atoms with van der Waals surface area (Å²) in [7, 11) is 0. The number of anilines is 1. The monoisotopic (exact) mass is 461 g/mol. The largest absolute Gasteiger partial charge is 0.367 e. The molecule has 1 unspecified atom stereocenters. The van der Waals surface area contributed by atoms with Gasteiger partial charge in [-0.25, -0.2) is 4.39 Å². The highest BCUT2D eigenvalue weighted by atomic mass is 19.1. The maximum atomic E-state index is 15.0. The lowest BCUT2D eigenvalue weighted by Crippen LogP contribution is -2.52. The summed E-state index contributed by atoms with van der Waals surface area (Å²) < 4.78 is 15.0. The van der Waals surface area contributed by atoms with Gasteiger partial charge in [-0.15, -0.1) is 0 Å². The molecule has 174 valence electrons. The first kappa shape index (κ1) is 22.0. The Kier molecular flexibility index (Phi) is 5.75. The summed E-state index contributed by atoms with van der Waals surface area (Å²) in [4.78, 5) is 42.3. The van der Waals surface area contributed by atoms with Crippen molar-refractivity contribution in [2.75, 3.05) is 31.1 Å². The van der Waals surface area contributed by atoms with E-state index in [2.05, 4.69) is 16.3 Å². The lowest BCUT2D eigenvalue weighted by atomic mass is 10.0. The summed E-state index contributed by atoms with van der Waals surface area (Å²) in [5.41, 5.74) is 3.21. The molecule has 2 aromatic rings. The van der Waals surface area contributed by atoms with Crippen molar-refractivity contribution in [1.29, 1.82) is 5.26 Å². The summed E-state index contributed by atoms with van der Waals surface area (Å²) in [6, 6.07) is 11.9. The minimum Gasteiger partial charge on any atom is -0.367 e. The van der Waals surface area contributed by atoms with E-state index in [1.807, 2.05) is 29.2 Å². The van der Waals surface area contributed by atoms with Gasteiger partial charge in [-0.2, -0.15) is 5.26 Å². The highest BCUT2D eigenvalue weighted by Crippen LogP contribution is 2.33. The predicted octanol–water partition coefficient (Wildman–Crippen LogP) is 1.78. The number of carbonyl (C=O) groups excluding carboxylic acids is 3. The van der Waals surface area contributed by atoms with Crippen molar-refractivity contribution >= 4 is 23.4 Å². The van der Waals surface area contributed by atoms with Crippen LogP contribution in [0.15, 0.2) is 36.4 Å². The van der Waals surface area contributed by atoms with Gasteiger partial charge in [0.1, 0.15) is 11.9 Å². The molecule has 3 amide bonds. The molecule has 9 heteroatoms. The SMILES string of the molecule is N#Cc1ccc(CN2CCN(c3cc4c(cc3F)C(=O)N(C3CCC(=O)NC3=O)C4)CC2)cc1. The van der Waals surface area contributed by atoms with Crippen LogP contribution in [0.2, 0.25) is 0 Å². The number of fused-ring (bicyclic) bond motifs is 1. The fourth-order valence-electron chi connectivity index (χ4n) is 4.91.